The second kappa shape index (κ2) is 4.03. The van der Waals surface area contributed by atoms with Gasteiger partial charge < -0.3 is 4.74 Å². The van der Waals surface area contributed by atoms with Crippen LogP contribution in [-0.4, -0.2) is 23.2 Å². The number of hydrogen-bond donors (Lipinski definition) is 0. The highest BCUT2D eigenvalue weighted by molar-refractivity contribution is 6.28. The van der Waals surface area contributed by atoms with Crippen LogP contribution in [0.5, 0.6) is 0 Å². The quantitative estimate of drug-likeness (QED) is 0.648. The average Bonchev–Trinajstić information content (AvgIpc) is 2.19. The third-order valence-corrected chi connectivity index (χ3v) is 2.47. The number of halogens is 1. The Kier molecular flexibility index (Phi) is 2.76. The molecule has 0 aliphatic carbocycles. The molecule has 13 heavy (non-hydrogen) atoms. The van der Waals surface area contributed by atoms with Crippen LogP contribution in [0.4, 0.5) is 0 Å². The lowest BCUT2D eigenvalue weighted by Gasteiger charge is -2.21. The highest BCUT2D eigenvalue weighted by Crippen LogP contribution is 2.25. The summed E-state index contributed by atoms with van der Waals surface area (Å²) in [6.07, 6.45) is 3.78. The maximum Gasteiger partial charge on any atom is 0.222 e. The van der Waals surface area contributed by atoms with Crippen molar-refractivity contribution in [2.24, 2.45) is 0 Å². The van der Waals surface area contributed by atoms with Gasteiger partial charge in [-0.05, 0) is 30.5 Å². The molecule has 0 aromatic carbocycles. The van der Waals surface area contributed by atoms with E-state index < -0.39 is 0 Å². The molecule has 0 spiro atoms. The molecule has 2 rings (SSSR count). The molecule has 0 N–H and O–H groups in total. The summed E-state index contributed by atoms with van der Waals surface area (Å²) >= 11 is 5.71. The first kappa shape index (κ1) is 8.91. The smallest absolute Gasteiger partial charge is 0.222 e. The lowest BCUT2D eigenvalue weighted by atomic mass is 9.96. The second-order valence-corrected chi connectivity index (χ2v) is 3.48. The predicted molar refractivity (Wildman–Crippen MR) is 49.8 cm³/mol. The molecule has 0 saturated carbocycles. The van der Waals surface area contributed by atoms with E-state index in [1.807, 2.05) is 6.07 Å². The minimum absolute atomic E-state index is 0.337. The summed E-state index contributed by atoms with van der Waals surface area (Å²) < 4.78 is 5.28. The zero-order valence-corrected chi connectivity index (χ0v) is 8.00. The van der Waals surface area contributed by atoms with Crippen LogP contribution in [0, 0.1) is 0 Å². The first-order valence-corrected chi connectivity index (χ1v) is 4.80. The van der Waals surface area contributed by atoms with Crippen molar-refractivity contribution in [1.82, 2.24) is 9.97 Å². The highest BCUT2D eigenvalue weighted by Gasteiger charge is 2.17. The van der Waals surface area contributed by atoms with E-state index in [1.54, 1.807) is 6.20 Å². The Bertz CT molecular complexity index is 287. The molecule has 70 valence electrons. The number of rotatable bonds is 1. The molecule has 2 heterocycles. The summed E-state index contributed by atoms with van der Waals surface area (Å²) in [6.45, 7) is 1.65. The fourth-order valence-corrected chi connectivity index (χ4v) is 1.72. The van der Waals surface area contributed by atoms with Crippen molar-refractivity contribution in [2.45, 2.75) is 18.8 Å². The van der Waals surface area contributed by atoms with Gasteiger partial charge in [-0.2, -0.15) is 0 Å². The van der Waals surface area contributed by atoms with Crippen molar-refractivity contribution in [3.8, 4) is 0 Å². The summed E-state index contributed by atoms with van der Waals surface area (Å²) in [7, 11) is 0. The lowest BCUT2D eigenvalue weighted by molar-refractivity contribution is 0.0845. The van der Waals surface area contributed by atoms with Crippen LogP contribution < -0.4 is 0 Å². The van der Waals surface area contributed by atoms with Gasteiger partial charge in [-0.3, -0.25) is 0 Å². The average molecular weight is 199 g/mol. The molecular weight excluding hydrogens is 188 g/mol. The lowest BCUT2D eigenvalue weighted by Crippen LogP contribution is -2.15. The van der Waals surface area contributed by atoms with Crippen LogP contribution >= 0.6 is 11.6 Å². The van der Waals surface area contributed by atoms with Gasteiger partial charge in [0.1, 0.15) is 0 Å². The molecule has 3 nitrogen and oxygen atoms in total. The normalized spacial score (nSPS) is 18.8. The van der Waals surface area contributed by atoms with E-state index in [2.05, 4.69) is 9.97 Å². The molecule has 0 atom stereocenters. The van der Waals surface area contributed by atoms with Crippen molar-refractivity contribution >= 4 is 11.6 Å². The van der Waals surface area contributed by atoms with Gasteiger partial charge in [0, 0.05) is 31.0 Å². The van der Waals surface area contributed by atoms with E-state index in [0.29, 0.717) is 11.2 Å². The van der Waals surface area contributed by atoms with Crippen LogP contribution in [0.25, 0.3) is 0 Å². The number of nitrogens with zero attached hydrogens (tertiary/aromatic N) is 2. The zero-order valence-electron chi connectivity index (χ0n) is 7.24. The monoisotopic (exact) mass is 198 g/mol. The Balaban J connectivity index is 2.14. The SMILES string of the molecule is Clc1nccc(C2CCOCC2)n1. The fraction of sp³-hybridized carbons (Fsp3) is 0.556. The molecule has 0 radical (unpaired) electrons. The van der Waals surface area contributed by atoms with E-state index in [-0.39, 0.29) is 0 Å². The third-order valence-electron chi connectivity index (χ3n) is 2.29. The van der Waals surface area contributed by atoms with Gasteiger partial charge in [-0.25, -0.2) is 9.97 Å². The molecule has 0 amide bonds. The Hall–Kier alpha value is -0.670. The van der Waals surface area contributed by atoms with Crippen molar-refractivity contribution in [3.05, 3.63) is 23.2 Å². The number of ether oxygens (including phenoxy) is 1. The molecule has 0 bridgehead atoms. The van der Waals surface area contributed by atoms with Crippen molar-refractivity contribution < 1.29 is 4.74 Å². The first-order chi connectivity index (χ1) is 6.36. The molecule has 4 heteroatoms. The van der Waals surface area contributed by atoms with Crippen LogP contribution in [0.15, 0.2) is 12.3 Å². The summed E-state index contributed by atoms with van der Waals surface area (Å²) in [5.74, 6) is 0.495. The second-order valence-electron chi connectivity index (χ2n) is 3.14. The highest BCUT2D eigenvalue weighted by atomic mass is 35.5. The Labute approximate surface area is 82.1 Å². The van der Waals surface area contributed by atoms with Gasteiger partial charge in [0.2, 0.25) is 5.28 Å². The zero-order chi connectivity index (χ0) is 9.10. The summed E-state index contributed by atoms with van der Waals surface area (Å²) in [5, 5.41) is 0.337. The number of hydrogen-bond acceptors (Lipinski definition) is 3. The number of aromatic nitrogens is 2. The van der Waals surface area contributed by atoms with Gasteiger partial charge in [-0.15, -0.1) is 0 Å². The molecule has 1 aromatic rings. The molecule has 1 aliphatic heterocycles. The summed E-state index contributed by atoms with van der Waals surface area (Å²) in [6, 6.07) is 1.93. The van der Waals surface area contributed by atoms with E-state index in [1.165, 1.54) is 0 Å². The van der Waals surface area contributed by atoms with Crippen molar-refractivity contribution in [2.75, 3.05) is 13.2 Å². The Morgan fingerprint density at radius 1 is 1.38 bits per heavy atom. The van der Waals surface area contributed by atoms with Crippen LogP contribution in [-0.2, 0) is 4.74 Å². The Morgan fingerprint density at radius 2 is 2.15 bits per heavy atom. The van der Waals surface area contributed by atoms with Gasteiger partial charge in [-0.1, -0.05) is 0 Å². The Morgan fingerprint density at radius 3 is 2.85 bits per heavy atom. The van der Waals surface area contributed by atoms with Crippen LogP contribution in [0.2, 0.25) is 5.28 Å². The largest absolute Gasteiger partial charge is 0.381 e. The maximum atomic E-state index is 5.71. The van der Waals surface area contributed by atoms with E-state index in [4.69, 9.17) is 16.3 Å². The first-order valence-electron chi connectivity index (χ1n) is 4.42. The van der Waals surface area contributed by atoms with E-state index in [0.717, 1.165) is 31.7 Å². The molecule has 1 aromatic heterocycles. The van der Waals surface area contributed by atoms with Gasteiger partial charge in [0.15, 0.2) is 0 Å². The van der Waals surface area contributed by atoms with Gasteiger partial charge in [0.05, 0.1) is 0 Å². The third kappa shape index (κ3) is 2.17. The minimum atomic E-state index is 0.337. The minimum Gasteiger partial charge on any atom is -0.381 e. The molecular formula is C9H11ClN2O. The summed E-state index contributed by atoms with van der Waals surface area (Å²) in [4.78, 5) is 8.05. The predicted octanol–water partition coefficient (Wildman–Crippen LogP) is 2.02. The summed E-state index contributed by atoms with van der Waals surface area (Å²) in [5.41, 5.74) is 1.04. The maximum absolute atomic E-state index is 5.71. The molecule has 1 saturated heterocycles. The molecule has 1 aliphatic rings. The van der Waals surface area contributed by atoms with Gasteiger partial charge in [0.25, 0.3) is 0 Å². The van der Waals surface area contributed by atoms with Crippen molar-refractivity contribution in [3.63, 3.8) is 0 Å². The van der Waals surface area contributed by atoms with Crippen LogP contribution in [0.1, 0.15) is 24.5 Å². The van der Waals surface area contributed by atoms with E-state index in [9.17, 15) is 0 Å². The topological polar surface area (TPSA) is 35.0 Å². The van der Waals surface area contributed by atoms with Crippen molar-refractivity contribution in [1.29, 1.82) is 0 Å². The van der Waals surface area contributed by atoms with Gasteiger partial charge >= 0.3 is 0 Å². The molecule has 1 fully saturated rings. The van der Waals surface area contributed by atoms with E-state index >= 15 is 0 Å². The standard InChI is InChI=1S/C9H11ClN2O/c10-9-11-4-1-8(12-9)7-2-5-13-6-3-7/h1,4,7H,2-3,5-6H2. The fourth-order valence-electron chi connectivity index (χ4n) is 1.57. The van der Waals surface area contributed by atoms with Crippen LogP contribution in [0.3, 0.4) is 0 Å². The molecule has 0 unspecified atom stereocenters.